The molecule has 0 saturated heterocycles. The van der Waals surface area contributed by atoms with Crippen LogP contribution in [0.5, 0.6) is 5.75 Å². The molecule has 13 heavy (non-hydrogen) atoms. The van der Waals surface area contributed by atoms with Crippen molar-refractivity contribution >= 4 is 5.69 Å². The molecule has 0 bridgehead atoms. The normalized spacial score (nSPS) is 8.92. The molecule has 0 aliphatic rings. The Labute approximate surface area is 75.3 Å². The molecule has 0 fully saturated rings. The van der Waals surface area contributed by atoms with Crippen LogP contribution in [0.25, 0.3) is 0 Å². The molecular formula is C9H7NO3. The Kier molecular flexibility index (Phi) is 2.50. The molecular weight excluding hydrogens is 170 g/mol. The number of nitro benzene ring substituents is 1. The summed E-state index contributed by atoms with van der Waals surface area (Å²) in [4.78, 5) is 10.0. The van der Waals surface area contributed by atoms with E-state index >= 15 is 0 Å². The molecule has 0 heterocycles. The number of hydrogen-bond acceptors (Lipinski definition) is 3. The van der Waals surface area contributed by atoms with Gasteiger partial charge in [-0.05, 0) is 12.1 Å². The van der Waals surface area contributed by atoms with Gasteiger partial charge in [-0.1, -0.05) is 12.0 Å². The number of terminal acetylenes is 1. The average Bonchev–Trinajstić information content (AvgIpc) is 2.16. The summed E-state index contributed by atoms with van der Waals surface area (Å²) in [6.45, 7) is 0. The largest absolute Gasteiger partial charge is 0.490 e. The second-order valence-corrected chi connectivity index (χ2v) is 2.26. The zero-order valence-electron chi connectivity index (χ0n) is 6.98. The summed E-state index contributed by atoms with van der Waals surface area (Å²) in [5.41, 5.74) is 0.0665. The maximum atomic E-state index is 10.6. The molecule has 0 unspecified atom stereocenters. The predicted molar refractivity (Wildman–Crippen MR) is 47.6 cm³/mol. The Balaban J connectivity index is 3.41. The van der Waals surface area contributed by atoms with Gasteiger partial charge in [-0.15, -0.1) is 6.42 Å². The number of benzene rings is 1. The summed E-state index contributed by atoms with van der Waals surface area (Å²) in [6, 6.07) is 4.61. The second kappa shape index (κ2) is 3.59. The van der Waals surface area contributed by atoms with E-state index in [2.05, 4.69) is 5.92 Å². The molecule has 1 rings (SSSR count). The van der Waals surface area contributed by atoms with Gasteiger partial charge in [0.25, 0.3) is 0 Å². The zero-order valence-corrected chi connectivity index (χ0v) is 6.98. The summed E-state index contributed by atoms with van der Waals surface area (Å²) in [5.74, 6) is 2.41. The zero-order chi connectivity index (χ0) is 9.84. The van der Waals surface area contributed by atoms with E-state index in [0.717, 1.165) is 0 Å². The molecule has 0 aromatic heterocycles. The number of nitrogens with zero attached hydrogens (tertiary/aromatic N) is 1. The molecule has 4 heteroatoms. The van der Waals surface area contributed by atoms with E-state index in [1.165, 1.54) is 19.2 Å². The SMILES string of the molecule is C#Cc1cccc(OC)c1[N+](=O)[O-]. The van der Waals surface area contributed by atoms with E-state index in [-0.39, 0.29) is 17.0 Å². The first kappa shape index (κ1) is 9.07. The third-order valence-electron chi connectivity index (χ3n) is 1.56. The quantitative estimate of drug-likeness (QED) is 0.391. The van der Waals surface area contributed by atoms with Crippen LogP contribution in [-0.2, 0) is 0 Å². The highest BCUT2D eigenvalue weighted by molar-refractivity contribution is 5.58. The standard InChI is InChI=1S/C9H7NO3/c1-3-7-5-4-6-8(13-2)9(7)10(11)12/h1,4-6H,2H3. The number of hydrogen-bond donors (Lipinski definition) is 0. The van der Waals surface area contributed by atoms with Crippen molar-refractivity contribution in [2.45, 2.75) is 0 Å². The minimum Gasteiger partial charge on any atom is -0.490 e. The number of ether oxygens (including phenoxy) is 1. The number of methoxy groups -OCH3 is 1. The number of nitro groups is 1. The maximum absolute atomic E-state index is 10.6. The molecule has 0 radical (unpaired) electrons. The first-order valence-corrected chi connectivity index (χ1v) is 3.48. The van der Waals surface area contributed by atoms with Gasteiger partial charge in [0.1, 0.15) is 5.56 Å². The van der Waals surface area contributed by atoms with Crippen LogP contribution in [0.3, 0.4) is 0 Å². The van der Waals surface area contributed by atoms with Crippen molar-refractivity contribution in [1.82, 2.24) is 0 Å². The lowest BCUT2D eigenvalue weighted by atomic mass is 10.2. The Bertz CT molecular complexity index is 379. The van der Waals surface area contributed by atoms with Crippen molar-refractivity contribution in [3.8, 4) is 18.1 Å². The van der Waals surface area contributed by atoms with Crippen molar-refractivity contribution in [2.75, 3.05) is 7.11 Å². The van der Waals surface area contributed by atoms with Gasteiger partial charge in [-0.25, -0.2) is 0 Å². The minimum absolute atomic E-state index is 0.160. The monoisotopic (exact) mass is 177 g/mol. The van der Waals surface area contributed by atoms with E-state index < -0.39 is 4.92 Å². The molecule has 0 saturated carbocycles. The molecule has 0 aliphatic heterocycles. The highest BCUT2D eigenvalue weighted by Crippen LogP contribution is 2.29. The van der Waals surface area contributed by atoms with Gasteiger partial charge in [0, 0.05) is 0 Å². The molecule has 0 spiro atoms. The predicted octanol–water partition coefficient (Wildman–Crippen LogP) is 1.58. The van der Waals surface area contributed by atoms with Crippen molar-refractivity contribution in [2.24, 2.45) is 0 Å². The lowest BCUT2D eigenvalue weighted by Gasteiger charge is -2.01. The molecule has 1 aromatic carbocycles. The first-order valence-electron chi connectivity index (χ1n) is 3.48. The van der Waals surface area contributed by atoms with Crippen LogP contribution < -0.4 is 4.74 Å². The average molecular weight is 177 g/mol. The van der Waals surface area contributed by atoms with Gasteiger partial charge in [-0.2, -0.15) is 0 Å². The summed E-state index contributed by atoms with van der Waals surface area (Å²) in [7, 11) is 1.36. The van der Waals surface area contributed by atoms with E-state index in [1.54, 1.807) is 6.07 Å². The van der Waals surface area contributed by atoms with Crippen LogP contribution in [-0.4, -0.2) is 12.0 Å². The second-order valence-electron chi connectivity index (χ2n) is 2.26. The topological polar surface area (TPSA) is 52.4 Å². The Hall–Kier alpha value is -2.02. The van der Waals surface area contributed by atoms with E-state index in [4.69, 9.17) is 11.2 Å². The molecule has 0 aliphatic carbocycles. The smallest absolute Gasteiger partial charge is 0.326 e. The maximum Gasteiger partial charge on any atom is 0.326 e. The van der Waals surface area contributed by atoms with Crippen LogP contribution in [0.1, 0.15) is 5.56 Å². The molecule has 66 valence electrons. The van der Waals surface area contributed by atoms with Gasteiger partial charge >= 0.3 is 5.69 Å². The third kappa shape index (κ3) is 1.59. The van der Waals surface area contributed by atoms with Crippen LogP contribution in [0.2, 0.25) is 0 Å². The molecule has 0 N–H and O–H groups in total. The van der Waals surface area contributed by atoms with Crippen molar-refractivity contribution in [1.29, 1.82) is 0 Å². The highest BCUT2D eigenvalue weighted by Gasteiger charge is 2.18. The van der Waals surface area contributed by atoms with Gasteiger partial charge in [0.2, 0.25) is 0 Å². The summed E-state index contributed by atoms with van der Waals surface area (Å²) < 4.78 is 4.81. The van der Waals surface area contributed by atoms with E-state index in [1.807, 2.05) is 0 Å². The molecule has 4 nitrogen and oxygen atoms in total. The molecule has 1 aromatic rings. The number of para-hydroxylation sites is 1. The molecule has 0 amide bonds. The van der Waals surface area contributed by atoms with Crippen LogP contribution in [0.15, 0.2) is 18.2 Å². The van der Waals surface area contributed by atoms with Crippen LogP contribution in [0, 0.1) is 22.5 Å². The van der Waals surface area contributed by atoms with Gasteiger partial charge in [-0.3, -0.25) is 10.1 Å². The Morgan fingerprint density at radius 3 is 2.77 bits per heavy atom. The number of rotatable bonds is 2. The first-order chi connectivity index (χ1) is 6.20. The van der Waals surface area contributed by atoms with Gasteiger partial charge < -0.3 is 4.74 Å². The van der Waals surface area contributed by atoms with Crippen molar-refractivity contribution in [3.63, 3.8) is 0 Å². The van der Waals surface area contributed by atoms with E-state index in [0.29, 0.717) is 0 Å². The fraction of sp³-hybridized carbons (Fsp3) is 0.111. The summed E-state index contributed by atoms with van der Waals surface area (Å²) in [5, 5.41) is 10.6. The highest BCUT2D eigenvalue weighted by atomic mass is 16.6. The summed E-state index contributed by atoms with van der Waals surface area (Å²) >= 11 is 0. The van der Waals surface area contributed by atoms with Gasteiger partial charge in [0.15, 0.2) is 5.75 Å². The van der Waals surface area contributed by atoms with E-state index in [9.17, 15) is 10.1 Å². The molecule has 0 atom stereocenters. The lowest BCUT2D eigenvalue weighted by Crippen LogP contribution is -1.96. The van der Waals surface area contributed by atoms with Crippen molar-refractivity contribution in [3.05, 3.63) is 33.9 Å². The van der Waals surface area contributed by atoms with Crippen LogP contribution >= 0.6 is 0 Å². The fourth-order valence-corrected chi connectivity index (χ4v) is 0.992. The van der Waals surface area contributed by atoms with Crippen LogP contribution in [0.4, 0.5) is 5.69 Å². The third-order valence-corrected chi connectivity index (χ3v) is 1.56. The summed E-state index contributed by atoms with van der Waals surface area (Å²) in [6.07, 6.45) is 5.10. The lowest BCUT2D eigenvalue weighted by molar-refractivity contribution is -0.386. The fourth-order valence-electron chi connectivity index (χ4n) is 0.992. The minimum atomic E-state index is -0.548. The van der Waals surface area contributed by atoms with Gasteiger partial charge in [0.05, 0.1) is 12.0 Å². The Morgan fingerprint density at radius 1 is 1.62 bits per heavy atom. The van der Waals surface area contributed by atoms with Crippen molar-refractivity contribution < 1.29 is 9.66 Å². The Morgan fingerprint density at radius 2 is 2.31 bits per heavy atom.